The van der Waals surface area contributed by atoms with Crippen LogP contribution in [0.2, 0.25) is 10.2 Å². The van der Waals surface area contributed by atoms with Gasteiger partial charge in [0.25, 0.3) is 5.91 Å². The molecular formula is C15H14Cl2N2O. The Hall–Kier alpha value is -1.58. The lowest BCUT2D eigenvalue weighted by Crippen LogP contribution is -2.30. The minimum absolute atomic E-state index is 0.109. The van der Waals surface area contributed by atoms with E-state index in [1.165, 1.54) is 6.20 Å². The van der Waals surface area contributed by atoms with Gasteiger partial charge in [-0.1, -0.05) is 53.5 Å². The Morgan fingerprint density at radius 2 is 1.95 bits per heavy atom. The van der Waals surface area contributed by atoms with Crippen molar-refractivity contribution in [3.05, 3.63) is 63.9 Å². The van der Waals surface area contributed by atoms with Crippen molar-refractivity contribution in [1.82, 2.24) is 9.88 Å². The van der Waals surface area contributed by atoms with Crippen molar-refractivity contribution in [2.75, 3.05) is 6.54 Å². The first kappa shape index (κ1) is 14.8. The summed E-state index contributed by atoms with van der Waals surface area (Å²) in [7, 11) is 0. The van der Waals surface area contributed by atoms with Crippen molar-refractivity contribution in [3.8, 4) is 0 Å². The summed E-state index contributed by atoms with van der Waals surface area (Å²) in [4.78, 5) is 18.1. The molecule has 1 amide bonds. The van der Waals surface area contributed by atoms with Crippen LogP contribution in [0, 0.1) is 0 Å². The summed E-state index contributed by atoms with van der Waals surface area (Å²) in [6.07, 6.45) is 1.45. The van der Waals surface area contributed by atoms with Gasteiger partial charge in [-0.3, -0.25) is 4.79 Å². The second-order valence-electron chi connectivity index (χ2n) is 4.30. The zero-order valence-electron chi connectivity index (χ0n) is 11.0. The summed E-state index contributed by atoms with van der Waals surface area (Å²) in [5.74, 6) is -0.109. The monoisotopic (exact) mass is 308 g/mol. The minimum atomic E-state index is -0.109. The highest BCUT2D eigenvalue weighted by atomic mass is 35.5. The van der Waals surface area contributed by atoms with E-state index in [-0.39, 0.29) is 16.1 Å². The lowest BCUT2D eigenvalue weighted by atomic mass is 10.2. The molecule has 0 aliphatic carbocycles. The average molecular weight is 309 g/mol. The third-order valence-corrected chi connectivity index (χ3v) is 3.61. The zero-order chi connectivity index (χ0) is 14.5. The van der Waals surface area contributed by atoms with Crippen LogP contribution in [0.15, 0.2) is 42.6 Å². The lowest BCUT2D eigenvalue weighted by Gasteiger charge is -2.21. The van der Waals surface area contributed by atoms with E-state index < -0.39 is 0 Å². The van der Waals surface area contributed by atoms with Gasteiger partial charge >= 0.3 is 0 Å². The molecule has 0 aliphatic heterocycles. The average Bonchev–Trinajstić information content (AvgIpc) is 2.48. The Morgan fingerprint density at radius 3 is 2.55 bits per heavy atom. The van der Waals surface area contributed by atoms with E-state index in [4.69, 9.17) is 23.2 Å². The Balaban J connectivity index is 2.18. The summed E-state index contributed by atoms with van der Waals surface area (Å²) in [5, 5.41) is 0.489. The number of aromatic nitrogens is 1. The van der Waals surface area contributed by atoms with Gasteiger partial charge in [0.1, 0.15) is 5.15 Å². The van der Waals surface area contributed by atoms with Crippen LogP contribution in [0.1, 0.15) is 22.8 Å². The first-order valence-corrected chi connectivity index (χ1v) is 7.01. The van der Waals surface area contributed by atoms with Gasteiger partial charge in [0.2, 0.25) is 0 Å². The smallest absolute Gasteiger partial charge is 0.255 e. The molecule has 0 N–H and O–H groups in total. The lowest BCUT2D eigenvalue weighted by molar-refractivity contribution is 0.0752. The van der Waals surface area contributed by atoms with Gasteiger partial charge in [0.15, 0.2) is 0 Å². The SMILES string of the molecule is CCN(Cc1ccccc1)C(=O)c1cnc(Cl)c(Cl)c1. The molecule has 5 heteroatoms. The topological polar surface area (TPSA) is 33.2 Å². The molecule has 0 unspecified atom stereocenters. The summed E-state index contributed by atoms with van der Waals surface area (Å²) in [6.45, 7) is 3.09. The van der Waals surface area contributed by atoms with Crippen molar-refractivity contribution in [2.24, 2.45) is 0 Å². The predicted octanol–water partition coefficient (Wildman–Crippen LogP) is 4.05. The molecular weight excluding hydrogens is 295 g/mol. The van der Waals surface area contributed by atoms with Gasteiger partial charge in [0, 0.05) is 19.3 Å². The largest absolute Gasteiger partial charge is 0.335 e. The number of nitrogens with zero attached hydrogens (tertiary/aromatic N) is 2. The second kappa shape index (κ2) is 6.73. The first-order chi connectivity index (χ1) is 9.61. The Morgan fingerprint density at radius 1 is 1.25 bits per heavy atom. The predicted molar refractivity (Wildman–Crippen MR) is 81.1 cm³/mol. The van der Waals surface area contributed by atoms with Gasteiger partial charge in [-0.2, -0.15) is 0 Å². The van der Waals surface area contributed by atoms with Crippen LogP contribution in [0.4, 0.5) is 0 Å². The molecule has 20 heavy (non-hydrogen) atoms. The molecule has 0 spiro atoms. The normalized spacial score (nSPS) is 10.3. The van der Waals surface area contributed by atoms with E-state index in [9.17, 15) is 4.79 Å². The van der Waals surface area contributed by atoms with Gasteiger partial charge in [-0.15, -0.1) is 0 Å². The van der Waals surface area contributed by atoms with E-state index in [1.54, 1.807) is 11.0 Å². The van der Waals surface area contributed by atoms with E-state index in [2.05, 4.69) is 4.98 Å². The second-order valence-corrected chi connectivity index (χ2v) is 5.07. The van der Waals surface area contributed by atoms with Crippen LogP contribution >= 0.6 is 23.2 Å². The van der Waals surface area contributed by atoms with E-state index in [0.717, 1.165) is 5.56 Å². The number of carbonyl (C=O) groups is 1. The van der Waals surface area contributed by atoms with Crippen molar-refractivity contribution >= 4 is 29.1 Å². The van der Waals surface area contributed by atoms with Crippen LogP contribution in [-0.4, -0.2) is 22.3 Å². The van der Waals surface area contributed by atoms with Gasteiger partial charge in [0.05, 0.1) is 10.6 Å². The molecule has 1 heterocycles. The third-order valence-electron chi connectivity index (χ3n) is 2.93. The summed E-state index contributed by atoms with van der Waals surface area (Å²) >= 11 is 11.7. The Bertz CT molecular complexity index is 602. The fourth-order valence-electron chi connectivity index (χ4n) is 1.85. The van der Waals surface area contributed by atoms with Gasteiger partial charge < -0.3 is 4.90 Å². The van der Waals surface area contributed by atoms with Crippen molar-refractivity contribution in [2.45, 2.75) is 13.5 Å². The first-order valence-electron chi connectivity index (χ1n) is 6.26. The molecule has 0 saturated heterocycles. The highest BCUT2D eigenvalue weighted by molar-refractivity contribution is 6.41. The highest BCUT2D eigenvalue weighted by Crippen LogP contribution is 2.21. The van der Waals surface area contributed by atoms with E-state index in [0.29, 0.717) is 18.7 Å². The Labute approximate surface area is 128 Å². The molecule has 0 bridgehead atoms. The molecule has 0 radical (unpaired) electrons. The fraction of sp³-hybridized carbons (Fsp3) is 0.200. The number of benzene rings is 1. The Kier molecular flexibility index (Phi) is 4.99. The maximum absolute atomic E-state index is 12.4. The molecule has 0 atom stereocenters. The molecule has 2 rings (SSSR count). The quantitative estimate of drug-likeness (QED) is 0.798. The van der Waals surface area contributed by atoms with Gasteiger partial charge in [-0.05, 0) is 18.6 Å². The molecule has 0 aliphatic rings. The number of rotatable bonds is 4. The summed E-state index contributed by atoms with van der Waals surface area (Å²) in [6, 6.07) is 11.4. The third kappa shape index (κ3) is 3.50. The highest BCUT2D eigenvalue weighted by Gasteiger charge is 2.16. The van der Waals surface area contributed by atoms with Crippen molar-refractivity contribution in [3.63, 3.8) is 0 Å². The maximum Gasteiger partial charge on any atom is 0.255 e. The van der Waals surface area contributed by atoms with Gasteiger partial charge in [-0.25, -0.2) is 4.98 Å². The molecule has 2 aromatic rings. The number of hydrogen-bond acceptors (Lipinski definition) is 2. The van der Waals surface area contributed by atoms with Crippen LogP contribution in [0.3, 0.4) is 0 Å². The zero-order valence-corrected chi connectivity index (χ0v) is 12.5. The van der Waals surface area contributed by atoms with Crippen molar-refractivity contribution < 1.29 is 4.79 Å². The number of halogens is 2. The van der Waals surface area contributed by atoms with Crippen LogP contribution in [0.25, 0.3) is 0 Å². The minimum Gasteiger partial charge on any atom is -0.335 e. The molecule has 1 aromatic carbocycles. The summed E-state index contributed by atoms with van der Waals surface area (Å²) in [5.41, 5.74) is 1.52. The van der Waals surface area contributed by atoms with Crippen LogP contribution < -0.4 is 0 Å². The number of pyridine rings is 1. The van der Waals surface area contributed by atoms with Crippen molar-refractivity contribution in [1.29, 1.82) is 0 Å². The van der Waals surface area contributed by atoms with E-state index >= 15 is 0 Å². The number of amides is 1. The standard InChI is InChI=1S/C15H14Cl2N2O/c1-2-19(10-11-6-4-3-5-7-11)15(20)12-8-13(16)14(17)18-9-12/h3-9H,2,10H2,1H3. The molecule has 0 saturated carbocycles. The molecule has 104 valence electrons. The summed E-state index contributed by atoms with van der Waals surface area (Å²) < 4.78 is 0. The number of carbonyl (C=O) groups excluding carboxylic acids is 1. The van der Waals surface area contributed by atoms with E-state index in [1.807, 2.05) is 37.3 Å². The molecule has 3 nitrogen and oxygen atoms in total. The maximum atomic E-state index is 12.4. The molecule has 1 aromatic heterocycles. The molecule has 0 fully saturated rings. The number of hydrogen-bond donors (Lipinski definition) is 0. The van der Waals surface area contributed by atoms with Crippen LogP contribution in [0.5, 0.6) is 0 Å². The fourth-order valence-corrected chi connectivity index (χ4v) is 2.12. The van der Waals surface area contributed by atoms with Crippen LogP contribution in [-0.2, 0) is 6.54 Å².